The van der Waals surface area contributed by atoms with Gasteiger partial charge in [0.25, 0.3) is 0 Å². The van der Waals surface area contributed by atoms with Gasteiger partial charge in [-0.25, -0.2) is 0 Å². The molecule has 1 aromatic heterocycles. The minimum Gasteiger partial charge on any atom is -0.457 e. The van der Waals surface area contributed by atoms with E-state index in [2.05, 4.69) is 0 Å². The van der Waals surface area contributed by atoms with E-state index < -0.39 is 10.8 Å². The van der Waals surface area contributed by atoms with E-state index in [-0.39, 0.29) is 10.5 Å². The molecule has 0 bridgehead atoms. The van der Waals surface area contributed by atoms with Crippen molar-refractivity contribution < 1.29 is 13.4 Å². The maximum Gasteiger partial charge on any atom is 0.185 e. The van der Waals surface area contributed by atoms with Gasteiger partial charge in [0, 0.05) is 15.5 Å². The van der Waals surface area contributed by atoms with Crippen LogP contribution in [0.1, 0.15) is 37.1 Å². The van der Waals surface area contributed by atoms with Crippen LogP contribution in [0.5, 0.6) is 0 Å². The van der Waals surface area contributed by atoms with Gasteiger partial charge in [0.1, 0.15) is 5.76 Å². The van der Waals surface area contributed by atoms with Crippen LogP contribution < -0.4 is 0 Å². The van der Waals surface area contributed by atoms with Crippen molar-refractivity contribution in [3.05, 3.63) is 23.7 Å². The van der Waals surface area contributed by atoms with Gasteiger partial charge in [0.15, 0.2) is 12.0 Å². The molecule has 1 aromatic rings. The molecule has 1 heterocycles. The molecule has 3 nitrogen and oxygen atoms in total. The molecule has 78 valence electrons. The lowest BCUT2D eigenvalue weighted by Gasteiger charge is -2.16. The molecule has 0 radical (unpaired) electrons. The Balaban J connectivity index is 2.70. The van der Waals surface area contributed by atoms with E-state index in [1.54, 1.807) is 12.1 Å². The molecule has 4 heteroatoms. The van der Waals surface area contributed by atoms with Gasteiger partial charge >= 0.3 is 0 Å². The molecule has 0 N–H and O–H groups in total. The standard InChI is InChI=1S/C10H14O3S/c1-10(2,3)14(12)7-9-5-4-8(6-11)13-9/h4-6H,7H2,1-3H3. The Morgan fingerprint density at radius 1 is 1.43 bits per heavy atom. The van der Waals surface area contributed by atoms with E-state index in [1.807, 2.05) is 20.8 Å². The molecule has 0 aliphatic carbocycles. The Labute approximate surface area is 86.0 Å². The maximum absolute atomic E-state index is 11.7. The normalized spacial score (nSPS) is 13.9. The smallest absolute Gasteiger partial charge is 0.185 e. The number of rotatable bonds is 3. The third kappa shape index (κ3) is 2.80. The van der Waals surface area contributed by atoms with Crippen molar-refractivity contribution in [2.24, 2.45) is 0 Å². The van der Waals surface area contributed by atoms with Gasteiger partial charge < -0.3 is 4.42 Å². The monoisotopic (exact) mass is 214 g/mol. The summed E-state index contributed by atoms with van der Waals surface area (Å²) in [6, 6.07) is 3.27. The molecule has 0 saturated carbocycles. The lowest BCUT2D eigenvalue weighted by molar-refractivity contribution is 0.109. The summed E-state index contributed by atoms with van der Waals surface area (Å²) in [6.45, 7) is 5.73. The van der Waals surface area contributed by atoms with Crippen LogP contribution >= 0.6 is 0 Å². The fourth-order valence-corrected chi connectivity index (χ4v) is 1.73. The predicted molar refractivity (Wildman–Crippen MR) is 55.7 cm³/mol. The first-order chi connectivity index (χ1) is 6.43. The number of hydrogen-bond donors (Lipinski definition) is 0. The highest BCUT2D eigenvalue weighted by atomic mass is 32.2. The Kier molecular flexibility index (Phi) is 3.26. The lowest BCUT2D eigenvalue weighted by atomic mass is 10.3. The first kappa shape index (κ1) is 11.2. The highest BCUT2D eigenvalue weighted by molar-refractivity contribution is 7.85. The molecule has 0 aromatic carbocycles. The number of hydrogen-bond acceptors (Lipinski definition) is 3. The number of aldehydes is 1. The molecule has 14 heavy (non-hydrogen) atoms. The molecule has 0 aliphatic heterocycles. The number of carbonyl (C=O) groups is 1. The summed E-state index contributed by atoms with van der Waals surface area (Å²) in [5.74, 6) is 1.24. The highest BCUT2D eigenvalue weighted by Crippen LogP contribution is 2.17. The number of furan rings is 1. The van der Waals surface area contributed by atoms with E-state index in [4.69, 9.17) is 4.42 Å². The maximum atomic E-state index is 11.7. The lowest BCUT2D eigenvalue weighted by Crippen LogP contribution is -2.22. The van der Waals surface area contributed by atoms with Gasteiger partial charge in [-0.15, -0.1) is 0 Å². The van der Waals surface area contributed by atoms with Crippen LogP contribution in [0, 0.1) is 0 Å². The van der Waals surface area contributed by atoms with Gasteiger partial charge in [-0.2, -0.15) is 0 Å². The second kappa shape index (κ2) is 4.09. The Bertz CT molecular complexity index is 346. The first-order valence-electron chi connectivity index (χ1n) is 4.36. The third-order valence-corrected chi connectivity index (χ3v) is 3.67. The van der Waals surface area contributed by atoms with Crippen molar-refractivity contribution >= 4 is 17.1 Å². The topological polar surface area (TPSA) is 47.3 Å². The van der Waals surface area contributed by atoms with Crippen molar-refractivity contribution in [1.82, 2.24) is 0 Å². The van der Waals surface area contributed by atoms with Crippen LogP contribution in [0.15, 0.2) is 16.5 Å². The Morgan fingerprint density at radius 2 is 2.07 bits per heavy atom. The third-order valence-electron chi connectivity index (χ3n) is 1.75. The van der Waals surface area contributed by atoms with E-state index in [0.717, 1.165) is 0 Å². The summed E-state index contributed by atoms with van der Waals surface area (Å²) in [7, 11) is -0.987. The van der Waals surface area contributed by atoms with Gasteiger partial charge in [0.05, 0.1) is 5.75 Å². The summed E-state index contributed by atoms with van der Waals surface area (Å²) in [5, 5.41) is 0. The van der Waals surface area contributed by atoms with Crippen molar-refractivity contribution in [3.63, 3.8) is 0 Å². The van der Waals surface area contributed by atoms with Crippen molar-refractivity contribution in [2.75, 3.05) is 0 Å². The zero-order valence-corrected chi connectivity index (χ0v) is 9.39. The van der Waals surface area contributed by atoms with E-state index >= 15 is 0 Å². The number of carbonyl (C=O) groups excluding carboxylic acids is 1. The van der Waals surface area contributed by atoms with Gasteiger partial charge in [-0.3, -0.25) is 9.00 Å². The molecule has 0 fully saturated rings. The molecule has 0 aliphatic rings. The molecule has 1 rings (SSSR count). The fourth-order valence-electron chi connectivity index (χ4n) is 0.881. The molecule has 1 atom stereocenters. The Morgan fingerprint density at radius 3 is 2.50 bits per heavy atom. The van der Waals surface area contributed by atoms with Crippen molar-refractivity contribution in [2.45, 2.75) is 31.3 Å². The molecule has 0 saturated heterocycles. The molecular weight excluding hydrogens is 200 g/mol. The van der Waals surface area contributed by atoms with Gasteiger partial charge in [-0.1, -0.05) is 0 Å². The van der Waals surface area contributed by atoms with E-state index in [9.17, 15) is 9.00 Å². The van der Waals surface area contributed by atoms with Crippen molar-refractivity contribution in [3.8, 4) is 0 Å². The average Bonchev–Trinajstić information content (AvgIpc) is 2.50. The average molecular weight is 214 g/mol. The van der Waals surface area contributed by atoms with Crippen molar-refractivity contribution in [1.29, 1.82) is 0 Å². The second-order valence-electron chi connectivity index (χ2n) is 4.02. The van der Waals surface area contributed by atoms with E-state index in [1.165, 1.54) is 0 Å². The van der Waals surface area contributed by atoms with Crippen LogP contribution in [-0.2, 0) is 16.6 Å². The highest BCUT2D eigenvalue weighted by Gasteiger charge is 2.20. The van der Waals surface area contributed by atoms with Crippen LogP contribution in [0.2, 0.25) is 0 Å². The van der Waals surface area contributed by atoms with Crippen LogP contribution in [0.4, 0.5) is 0 Å². The summed E-state index contributed by atoms with van der Waals surface area (Å²) < 4.78 is 16.6. The quantitative estimate of drug-likeness (QED) is 0.724. The SMILES string of the molecule is CC(C)(C)S(=O)Cc1ccc(C=O)o1. The van der Waals surface area contributed by atoms with E-state index in [0.29, 0.717) is 17.8 Å². The molecule has 0 amide bonds. The summed E-state index contributed by atoms with van der Waals surface area (Å²) in [4.78, 5) is 10.3. The van der Waals surface area contributed by atoms with Crippen LogP contribution in [0.25, 0.3) is 0 Å². The van der Waals surface area contributed by atoms with Gasteiger partial charge in [-0.05, 0) is 32.9 Å². The second-order valence-corrected chi connectivity index (χ2v) is 6.23. The fraction of sp³-hybridized carbons (Fsp3) is 0.500. The molecule has 1 unspecified atom stereocenters. The minimum absolute atomic E-state index is 0.256. The summed E-state index contributed by atoms with van der Waals surface area (Å²) in [6.07, 6.45) is 0.642. The van der Waals surface area contributed by atoms with Crippen LogP contribution in [0.3, 0.4) is 0 Å². The zero-order valence-electron chi connectivity index (χ0n) is 8.57. The summed E-state index contributed by atoms with van der Waals surface area (Å²) >= 11 is 0. The minimum atomic E-state index is -0.987. The zero-order chi connectivity index (χ0) is 10.8. The van der Waals surface area contributed by atoms with Crippen LogP contribution in [-0.4, -0.2) is 15.2 Å². The van der Waals surface area contributed by atoms with Gasteiger partial charge in [0.2, 0.25) is 0 Å². The predicted octanol–water partition coefficient (Wildman–Crippen LogP) is 2.14. The summed E-state index contributed by atoms with van der Waals surface area (Å²) in [5.41, 5.74) is 0. The largest absolute Gasteiger partial charge is 0.457 e. The first-order valence-corrected chi connectivity index (χ1v) is 5.68. The Hall–Kier alpha value is -0.900. The molecule has 0 spiro atoms. The molecular formula is C10H14O3S.